The average Bonchev–Trinajstić information content (AvgIpc) is 2.31. The van der Waals surface area contributed by atoms with Gasteiger partial charge in [-0.25, -0.2) is 0 Å². The third kappa shape index (κ3) is 2.70. The van der Waals surface area contributed by atoms with Gasteiger partial charge in [-0.15, -0.1) is 0 Å². The van der Waals surface area contributed by atoms with Gasteiger partial charge in [-0.3, -0.25) is 4.79 Å². The van der Waals surface area contributed by atoms with Crippen LogP contribution in [0.2, 0.25) is 0 Å². The van der Waals surface area contributed by atoms with Crippen molar-refractivity contribution in [3.05, 3.63) is 11.6 Å². The molecule has 2 rings (SSSR count). The molecule has 2 fully saturated rings. The van der Waals surface area contributed by atoms with E-state index in [1.165, 1.54) is 12.0 Å². The van der Waals surface area contributed by atoms with E-state index in [4.69, 9.17) is 4.74 Å². The van der Waals surface area contributed by atoms with E-state index in [1.807, 2.05) is 20.8 Å². The number of aliphatic hydroxyl groups is 1. The monoisotopic (exact) mass is 267 g/mol. The van der Waals surface area contributed by atoms with Crippen LogP contribution in [0.4, 0.5) is 0 Å². The Kier molecular flexibility index (Phi) is 4.02. The van der Waals surface area contributed by atoms with Gasteiger partial charge in [0.2, 0.25) is 5.91 Å². The van der Waals surface area contributed by atoms with Crippen LogP contribution in [0, 0.1) is 5.41 Å². The Morgan fingerprint density at radius 3 is 2.68 bits per heavy atom. The smallest absolute Gasteiger partial charge is 0.244 e. The molecule has 0 unspecified atom stereocenters. The summed E-state index contributed by atoms with van der Waals surface area (Å²) in [6.07, 6.45) is 5.60. The number of amides is 1. The minimum atomic E-state index is -0.860. The third-order valence-corrected chi connectivity index (χ3v) is 4.78. The van der Waals surface area contributed by atoms with Crippen molar-refractivity contribution in [2.24, 2.45) is 5.41 Å². The van der Waals surface area contributed by atoms with Gasteiger partial charge in [-0.05, 0) is 26.2 Å². The summed E-state index contributed by atoms with van der Waals surface area (Å²) in [5.41, 5.74) is 0.0325. The second kappa shape index (κ2) is 5.25. The predicted molar refractivity (Wildman–Crippen MR) is 73.7 cm³/mol. The maximum absolute atomic E-state index is 11.7. The highest BCUT2D eigenvalue weighted by Crippen LogP contribution is 2.50. The molecule has 0 radical (unpaired) electrons. The highest BCUT2D eigenvalue weighted by atomic mass is 16.5. The van der Waals surface area contributed by atoms with Crippen LogP contribution in [0.1, 0.15) is 46.5 Å². The first kappa shape index (κ1) is 14.5. The molecule has 1 amide bonds. The Hall–Kier alpha value is -0.870. The number of hydrogen-bond acceptors (Lipinski definition) is 3. The summed E-state index contributed by atoms with van der Waals surface area (Å²) in [6, 6.07) is 0. The normalized spacial score (nSPS) is 32.2. The lowest BCUT2D eigenvalue weighted by Gasteiger charge is -2.57. The van der Waals surface area contributed by atoms with Gasteiger partial charge in [0, 0.05) is 31.1 Å². The molecule has 0 saturated heterocycles. The molecule has 2 N–H and O–H groups in total. The Labute approximate surface area is 115 Å². The molecule has 0 aliphatic heterocycles. The number of nitrogens with one attached hydrogen (secondary N) is 1. The minimum Gasteiger partial charge on any atom is -0.387 e. The average molecular weight is 267 g/mol. The van der Waals surface area contributed by atoms with Crippen molar-refractivity contribution in [1.29, 1.82) is 0 Å². The van der Waals surface area contributed by atoms with Crippen molar-refractivity contribution in [3.63, 3.8) is 0 Å². The molecule has 0 aromatic carbocycles. The van der Waals surface area contributed by atoms with Gasteiger partial charge in [0.15, 0.2) is 0 Å². The summed E-state index contributed by atoms with van der Waals surface area (Å²) >= 11 is 0. The van der Waals surface area contributed by atoms with E-state index in [9.17, 15) is 9.90 Å². The molecule has 108 valence electrons. The summed E-state index contributed by atoms with van der Waals surface area (Å²) in [7, 11) is 0. The molecule has 19 heavy (non-hydrogen) atoms. The fourth-order valence-electron chi connectivity index (χ4n) is 2.76. The van der Waals surface area contributed by atoms with Crippen LogP contribution in [0.3, 0.4) is 0 Å². The van der Waals surface area contributed by atoms with Crippen molar-refractivity contribution >= 4 is 5.91 Å². The zero-order valence-electron chi connectivity index (χ0n) is 12.2. The van der Waals surface area contributed by atoms with E-state index in [-0.39, 0.29) is 17.4 Å². The van der Waals surface area contributed by atoms with E-state index in [0.717, 1.165) is 12.8 Å². The van der Waals surface area contributed by atoms with Crippen LogP contribution in [-0.2, 0) is 9.53 Å². The Morgan fingerprint density at radius 2 is 2.21 bits per heavy atom. The molecule has 0 aromatic rings. The number of ether oxygens (including phenoxy) is 1. The van der Waals surface area contributed by atoms with Gasteiger partial charge in [-0.1, -0.05) is 19.4 Å². The molecule has 2 aliphatic rings. The summed E-state index contributed by atoms with van der Waals surface area (Å²) in [4.78, 5) is 11.7. The second-order valence-electron chi connectivity index (χ2n) is 6.28. The van der Waals surface area contributed by atoms with Gasteiger partial charge in [0.25, 0.3) is 0 Å². The van der Waals surface area contributed by atoms with Crippen molar-refractivity contribution < 1.29 is 14.6 Å². The van der Waals surface area contributed by atoms with Crippen LogP contribution in [0.5, 0.6) is 0 Å². The predicted octanol–water partition coefficient (Wildman–Crippen LogP) is 1.78. The molecule has 0 bridgehead atoms. The Morgan fingerprint density at radius 1 is 1.53 bits per heavy atom. The van der Waals surface area contributed by atoms with E-state index in [0.29, 0.717) is 19.6 Å². The Bertz CT molecular complexity index is 383. The summed E-state index contributed by atoms with van der Waals surface area (Å²) in [5.74, 6) is -0.0845. The topological polar surface area (TPSA) is 58.6 Å². The van der Waals surface area contributed by atoms with Crippen molar-refractivity contribution in [2.75, 3.05) is 13.2 Å². The zero-order chi connectivity index (χ0) is 14.1. The summed E-state index contributed by atoms with van der Waals surface area (Å²) < 4.78 is 5.60. The zero-order valence-corrected chi connectivity index (χ0v) is 12.2. The largest absolute Gasteiger partial charge is 0.387 e. The molecule has 4 nitrogen and oxygen atoms in total. The lowest BCUT2D eigenvalue weighted by atomic mass is 9.56. The standard InChI is InChI=1S/C15H25NO3/c1-4-19-12-9-15(18,14(12,2)3)10-16-13(17)8-11-6-5-7-11/h8,12,18H,4-7,9-10H2,1-3H3,(H,16,17)/t12-,15-/m1/s1. The number of allylic oxidation sites excluding steroid dienone is 1. The van der Waals surface area contributed by atoms with E-state index in [2.05, 4.69) is 5.32 Å². The maximum Gasteiger partial charge on any atom is 0.244 e. The quantitative estimate of drug-likeness (QED) is 0.747. The third-order valence-electron chi connectivity index (χ3n) is 4.78. The van der Waals surface area contributed by atoms with Gasteiger partial charge in [-0.2, -0.15) is 0 Å². The van der Waals surface area contributed by atoms with Crippen LogP contribution in [0.15, 0.2) is 11.6 Å². The van der Waals surface area contributed by atoms with Crippen LogP contribution < -0.4 is 5.32 Å². The summed E-state index contributed by atoms with van der Waals surface area (Å²) in [6.45, 7) is 6.90. The molecule has 0 spiro atoms. The minimum absolute atomic E-state index is 0.0735. The first-order valence-corrected chi connectivity index (χ1v) is 7.20. The number of hydrogen-bond donors (Lipinski definition) is 2. The van der Waals surface area contributed by atoms with Crippen LogP contribution in [-0.4, -0.2) is 35.9 Å². The highest BCUT2D eigenvalue weighted by molar-refractivity contribution is 5.88. The lowest BCUT2D eigenvalue weighted by Crippen LogP contribution is -2.68. The van der Waals surface area contributed by atoms with Gasteiger partial charge >= 0.3 is 0 Å². The van der Waals surface area contributed by atoms with Crippen molar-refractivity contribution in [1.82, 2.24) is 5.32 Å². The lowest BCUT2D eigenvalue weighted by molar-refractivity contribution is -0.238. The van der Waals surface area contributed by atoms with E-state index >= 15 is 0 Å². The number of carbonyl (C=O) groups is 1. The first-order valence-electron chi connectivity index (χ1n) is 7.20. The molecule has 2 atom stereocenters. The molecule has 0 heterocycles. The molecule has 2 saturated carbocycles. The van der Waals surface area contributed by atoms with E-state index in [1.54, 1.807) is 6.08 Å². The highest BCUT2D eigenvalue weighted by Gasteiger charge is 2.59. The second-order valence-corrected chi connectivity index (χ2v) is 6.28. The molecular formula is C15H25NO3. The van der Waals surface area contributed by atoms with Gasteiger partial charge in [0.1, 0.15) is 0 Å². The SMILES string of the molecule is CCO[C@@H]1C[C@@](O)(CNC(=O)C=C2CCC2)C1(C)C. The number of carbonyl (C=O) groups excluding carboxylic acids is 1. The summed E-state index contributed by atoms with van der Waals surface area (Å²) in [5, 5.41) is 13.4. The molecule has 0 aromatic heterocycles. The fourth-order valence-corrected chi connectivity index (χ4v) is 2.76. The van der Waals surface area contributed by atoms with Gasteiger partial charge < -0.3 is 15.2 Å². The molecular weight excluding hydrogens is 242 g/mol. The number of rotatable bonds is 5. The maximum atomic E-state index is 11.7. The fraction of sp³-hybridized carbons (Fsp3) is 0.800. The van der Waals surface area contributed by atoms with Crippen LogP contribution in [0.25, 0.3) is 0 Å². The van der Waals surface area contributed by atoms with Crippen molar-refractivity contribution in [3.8, 4) is 0 Å². The Balaban J connectivity index is 1.84. The van der Waals surface area contributed by atoms with Gasteiger partial charge in [0.05, 0.1) is 11.7 Å². The van der Waals surface area contributed by atoms with E-state index < -0.39 is 5.60 Å². The first-order chi connectivity index (χ1) is 8.89. The molecule has 2 aliphatic carbocycles. The van der Waals surface area contributed by atoms with Crippen LogP contribution >= 0.6 is 0 Å². The molecule has 4 heteroatoms. The van der Waals surface area contributed by atoms with Crippen molar-refractivity contribution in [2.45, 2.75) is 58.2 Å².